The van der Waals surface area contributed by atoms with Crippen LogP contribution >= 0.6 is 11.3 Å². The van der Waals surface area contributed by atoms with E-state index in [1.165, 1.54) is 29.8 Å². The third-order valence-electron chi connectivity index (χ3n) is 4.70. The van der Waals surface area contributed by atoms with Gasteiger partial charge in [0.25, 0.3) is 0 Å². The largest absolute Gasteiger partial charge is 0.493 e. The quantitative estimate of drug-likeness (QED) is 0.270. The van der Waals surface area contributed by atoms with E-state index in [1.807, 2.05) is 31.2 Å². The molecule has 2 aromatic heterocycles. The average Bonchev–Trinajstić information content (AvgIpc) is 3.19. The Morgan fingerprint density at radius 3 is 2.69 bits per heavy atom. The number of hydrogen-bond acceptors (Lipinski definition) is 8. The number of fused-ring (bicyclic) bond motifs is 1. The summed E-state index contributed by atoms with van der Waals surface area (Å²) in [7, 11) is 0. The predicted octanol–water partition coefficient (Wildman–Crippen LogP) is 4.39. The molecule has 0 atom stereocenters. The minimum absolute atomic E-state index is 0.175. The number of hydrazone groups is 1. The first-order valence-corrected chi connectivity index (χ1v) is 10.7. The number of benzene rings is 2. The molecule has 4 rings (SSSR count). The van der Waals surface area contributed by atoms with Gasteiger partial charge >= 0.3 is 5.97 Å². The lowest BCUT2D eigenvalue weighted by molar-refractivity contribution is 0.0697. The van der Waals surface area contributed by atoms with Crippen molar-refractivity contribution in [2.45, 2.75) is 13.5 Å². The second-order valence-electron chi connectivity index (χ2n) is 6.69. The summed E-state index contributed by atoms with van der Waals surface area (Å²) >= 11 is 1.45. The van der Waals surface area contributed by atoms with E-state index in [1.54, 1.807) is 18.3 Å². The van der Waals surface area contributed by atoms with E-state index >= 15 is 0 Å². The second-order valence-corrected chi connectivity index (χ2v) is 7.71. The van der Waals surface area contributed by atoms with Crippen LogP contribution in [-0.2, 0) is 6.61 Å². The van der Waals surface area contributed by atoms with Crippen LogP contribution in [0.3, 0.4) is 0 Å². The maximum absolute atomic E-state index is 11.0. The summed E-state index contributed by atoms with van der Waals surface area (Å²) in [5.74, 6) is 0.267. The number of carbonyl (C=O) groups is 1. The topological polar surface area (TPSA) is 117 Å². The van der Waals surface area contributed by atoms with E-state index in [-0.39, 0.29) is 12.2 Å². The molecule has 0 aliphatic rings. The van der Waals surface area contributed by atoms with Crippen LogP contribution in [0.2, 0.25) is 0 Å². The van der Waals surface area contributed by atoms with Crippen molar-refractivity contribution in [3.05, 3.63) is 71.5 Å². The van der Waals surface area contributed by atoms with Gasteiger partial charge in [-0.05, 0) is 36.8 Å². The standard InChI is InChI=1S/C23H20N4O4S/c1-2-31-18-6-4-3-5-16(18)20-17(12-28)19-21(32-20)22(25-13-24-19)27-26-11-14-7-9-15(10-8-14)23(29)30/h3-11,13,28H,2,12H2,1H3,(H,29,30)(H,24,25,27). The number of carboxylic acid groups (broad SMARTS) is 1. The normalized spacial score (nSPS) is 11.2. The van der Waals surface area contributed by atoms with Crippen molar-refractivity contribution >= 4 is 39.6 Å². The van der Waals surface area contributed by atoms with Crippen molar-refractivity contribution in [1.29, 1.82) is 0 Å². The second kappa shape index (κ2) is 9.54. The molecule has 0 amide bonds. The molecule has 8 nitrogen and oxygen atoms in total. The molecule has 3 N–H and O–H groups in total. The maximum Gasteiger partial charge on any atom is 0.335 e. The van der Waals surface area contributed by atoms with Crippen molar-refractivity contribution in [3.8, 4) is 16.2 Å². The minimum atomic E-state index is -0.978. The van der Waals surface area contributed by atoms with Crippen molar-refractivity contribution < 1.29 is 19.7 Å². The van der Waals surface area contributed by atoms with Gasteiger partial charge in [0.15, 0.2) is 5.82 Å². The number of aromatic nitrogens is 2. The monoisotopic (exact) mass is 448 g/mol. The van der Waals surface area contributed by atoms with Gasteiger partial charge in [-0.3, -0.25) is 5.43 Å². The Labute approximate surface area is 187 Å². The average molecular weight is 449 g/mol. The fourth-order valence-corrected chi connectivity index (χ4v) is 4.45. The first-order chi connectivity index (χ1) is 15.6. The van der Waals surface area contributed by atoms with Gasteiger partial charge in [-0.1, -0.05) is 24.3 Å². The molecule has 0 spiro atoms. The molecule has 0 aliphatic heterocycles. The van der Waals surface area contributed by atoms with E-state index in [0.29, 0.717) is 23.5 Å². The van der Waals surface area contributed by atoms with Crippen LogP contribution in [0, 0.1) is 0 Å². The fraction of sp³-hybridized carbons (Fsp3) is 0.130. The highest BCUT2D eigenvalue weighted by molar-refractivity contribution is 7.23. The molecule has 4 aromatic rings. The molecule has 0 fully saturated rings. The van der Waals surface area contributed by atoms with Gasteiger partial charge in [0.05, 0.1) is 35.2 Å². The number of anilines is 1. The van der Waals surface area contributed by atoms with Crippen LogP contribution in [0.5, 0.6) is 5.75 Å². The highest BCUT2D eigenvalue weighted by Gasteiger charge is 2.19. The van der Waals surface area contributed by atoms with Gasteiger partial charge in [-0.2, -0.15) is 5.10 Å². The zero-order valence-electron chi connectivity index (χ0n) is 17.1. The van der Waals surface area contributed by atoms with Gasteiger partial charge in [-0.15, -0.1) is 11.3 Å². The number of rotatable bonds is 8. The summed E-state index contributed by atoms with van der Waals surface area (Å²) in [6.07, 6.45) is 3.00. The third-order valence-corrected chi connectivity index (χ3v) is 5.96. The number of ether oxygens (including phenoxy) is 1. The number of carboxylic acids is 1. The van der Waals surface area contributed by atoms with Crippen molar-refractivity contribution in [2.75, 3.05) is 12.0 Å². The summed E-state index contributed by atoms with van der Waals surface area (Å²) in [6, 6.07) is 14.1. The number of nitrogens with one attached hydrogen (secondary N) is 1. The van der Waals surface area contributed by atoms with Gasteiger partial charge in [0.2, 0.25) is 0 Å². The van der Waals surface area contributed by atoms with Crippen LogP contribution in [-0.4, -0.2) is 39.0 Å². The Balaban J connectivity index is 1.67. The molecule has 162 valence electrons. The number of hydrogen-bond donors (Lipinski definition) is 3. The van der Waals surface area contributed by atoms with Crippen molar-refractivity contribution in [3.63, 3.8) is 0 Å². The minimum Gasteiger partial charge on any atom is -0.493 e. The molecule has 32 heavy (non-hydrogen) atoms. The number of thiophene rings is 1. The Morgan fingerprint density at radius 2 is 1.97 bits per heavy atom. The maximum atomic E-state index is 11.0. The zero-order chi connectivity index (χ0) is 22.5. The molecule has 2 aromatic carbocycles. The van der Waals surface area contributed by atoms with E-state index in [4.69, 9.17) is 9.84 Å². The number of aliphatic hydroxyl groups is 1. The van der Waals surface area contributed by atoms with Crippen LogP contribution in [0.1, 0.15) is 28.4 Å². The highest BCUT2D eigenvalue weighted by Crippen LogP contribution is 2.43. The SMILES string of the molecule is CCOc1ccccc1-c1sc2c(NN=Cc3ccc(C(=O)O)cc3)ncnc2c1CO. The molecular formula is C23H20N4O4S. The lowest BCUT2D eigenvalue weighted by atomic mass is 10.1. The lowest BCUT2D eigenvalue weighted by Crippen LogP contribution is -1.97. The van der Waals surface area contributed by atoms with Gasteiger partial charge in [0.1, 0.15) is 12.1 Å². The number of para-hydroxylation sites is 1. The molecule has 2 heterocycles. The van der Waals surface area contributed by atoms with E-state index in [0.717, 1.165) is 26.5 Å². The lowest BCUT2D eigenvalue weighted by Gasteiger charge is -2.09. The first kappa shape index (κ1) is 21.4. The summed E-state index contributed by atoms with van der Waals surface area (Å²) in [5, 5.41) is 23.3. The Morgan fingerprint density at radius 1 is 1.19 bits per heavy atom. The molecule has 0 saturated heterocycles. The molecule has 0 aliphatic carbocycles. The molecule has 0 bridgehead atoms. The van der Waals surface area contributed by atoms with Gasteiger partial charge in [-0.25, -0.2) is 14.8 Å². The smallest absolute Gasteiger partial charge is 0.335 e. The molecule has 0 saturated carbocycles. The number of aromatic carboxylic acids is 1. The fourth-order valence-electron chi connectivity index (χ4n) is 3.22. The van der Waals surface area contributed by atoms with Crippen LogP contribution in [0.15, 0.2) is 60.0 Å². The third kappa shape index (κ3) is 4.29. The highest BCUT2D eigenvalue weighted by atomic mass is 32.1. The Hall–Kier alpha value is -3.82. The van der Waals surface area contributed by atoms with E-state index < -0.39 is 5.97 Å². The first-order valence-electron chi connectivity index (χ1n) is 9.84. The molecule has 9 heteroatoms. The van der Waals surface area contributed by atoms with E-state index in [9.17, 15) is 9.90 Å². The number of aliphatic hydroxyl groups excluding tert-OH is 1. The van der Waals surface area contributed by atoms with E-state index in [2.05, 4.69) is 20.5 Å². The summed E-state index contributed by atoms with van der Waals surface area (Å²) in [6.45, 7) is 2.28. The van der Waals surface area contributed by atoms with Crippen LogP contribution in [0.25, 0.3) is 20.7 Å². The summed E-state index contributed by atoms with van der Waals surface area (Å²) in [5.41, 5.74) is 6.12. The number of nitrogens with zero attached hydrogens (tertiary/aromatic N) is 3. The Bertz CT molecular complexity index is 1290. The molecular weight excluding hydrogens is 428 g/mol. The summed E-state index contributed by atoms with van der Waals surface area (Å²) < 4.78 is 6.53. The Kier molecular flexibility index (Phi) is 6.39. The van der Waals surface area contributed by atoms with Crippen molar-refractivity contribution in [2.24, 2.45) is 5.10 Å². The van der Waals surface area contributed by atoms with Crippen molar-refractivity contribution in [1.82, 2.24) is 9.97 Å². The zero-order valence-corrected chi connectivity index (χ0v) is 18.0. The van der Waals surface area contributed by atoms with Gasteiger partial charge < -0.3 is 14.9 Å². The molecule has 0 radical (unpaired) electrons. The summed E-state index contributed by atoms with van der Waals surface area (Å²) in [4.78, 5) is 20.5. The van der Waals surface area contributed by atoms with Gasteiger partial charge in [0, 0.05) is 16.0 Å². The van der Waals surface area contributed by atoms with Crippen LogP contribution < -0.4 is 10.2 Å². The van der Waals surface area contributed by atoms with Crippen LogP contribution in [0.4, 0.5) is 5.82 Å². The predicted molar refractivity (Wildman–Crippen MR) is 125 cm³/mol. The molecule has 0 unspecified atom stereocenters.